The van der Waals surface area contributed by atoms with Crippen LogP contribution >= 0.6 is 12.6 Å². The predicted octanol–water partition coefficient (Wildman–Crippen LogP) is 3.09. The summed E-state index contributed by atoms with van der Waals surface area (Å²) in [6.45, 7) is 0.993. The fourth-order valence-corrected chi connectivity index (χ4v) is 1.88. The van der Waals surface area contributed by atoms with Crippen molar-refractivity contribution in [2.24, 2.45) is 0 Å². The van der Waals surface area contributed by atoms with Crippen molar-refractivity contribution in [3.05, 3.63) is 29.8 Å². The molecular weight excluding hydrogens is 216 g/mol. The summed E-state index contributed by atoms with van der Waals surface area (Å²) in [6, 6.07) is 9.95. The van der Waals surface area contributed by atoms with Gasteiger partial charge < -0.3 is 4.90 Å². The van der Waals surface area contributed by atoms with Crippen LogP contribution in [0.4, 0.5) is 5.69 Å². The lowest BCUT2D eigenvalue weighted by atomic mass is 10.1. The lowest BCUT2D eigenvalue weighted by Crippen LogP contribution is -2.19. The largest absolute Gasteiger partial charge is 0.374 e. The van der Waals surface area contributed by atoms with Crippen molar-refractivity contribution in [3.8, 4) is 6.07 Å². The Hall–Kier alpha value is -1.14. The molecule has 0 saturated heterocycles. The van der Waals surface area contributed by atoms with Gasteiger partial charge in [-0.15, -0.1) is 0 Å². The highest BCUT2D eigenvalue weighted by molar-refractivity contribution is 7.80. The summed E-state index contributed by atoms with van der Waals surface area (Å²) in [5.74, 6) is 0.957. The van der Waals surface area contributed by atoms with E-state index in [1.54, 1.807) is 0 Å². The molecule has 0 aliphatic rings. The molecule has 86 valence electrons. The molecule has 0 bridgehead atoms. The first-order valence-electron chi connectivity index (χ1n) is 5.60. The number of nitrogens with zero attached hydrogens (tertiary/aromatic N) is 2. The minimum atomic E-state index is 0.749. The first kappa shape index (κ1) is 12.9. The van der Waals surface area contributed by atoms with E-state index < -0.39 is 0 Å². The molecule has 0 aliphatic heterocycles. The quantitative estimate of drug-likeness (QED) is 0.605. The van der Waals surface area contributed by atoms with Crippen LogP contribution < -0.4 is 4.90 Å². The third-order valence-corrected chi connectivity index (χ3v) is 2.90. The van der Waals surface area contributed by atoms with E-state index >= 15 is 0 Å². The molecule has 0 saturated carbocycles. The van der Waals surface area contributed by atoms with E-state index in [1.165, 1.54) is 6.42 Å². The number of anilines is 1. The Labute approximate surface area is 103 Å². The monoisotopic (exact) mass is 234 g/mol. The van der Waals surface area contributed by atoms with Gasteiger partial charge in [0.1, 0.15) is 6.07 Å². The van der Waals surface area contributed by atoms with Crippen LogP contribution in [-0.4, -0.2) is 19.3 Å². The molecule has 0 aliphatic carbocycles. The van der Waals surface area contributed by atoms with Crippen molar-refractivity contribution in [3.63, 3.8) is 0 Å². The number of rotatable bonds is 6. The number of thiol groups is 1. The third kappa shape index (κ3) is 3.79. The highest BCUT2D eigenvalue weighted by Crippen LogP contribution is 2.18. The maximum absolute atomic E-state index is 8.99. The number of benzene rings is 1. The SMILES string of the molecule is CN(CCCCCS)c1ccccc1C#N. The number of unbranched alkanes of at least 4 members (excludes halogenated alkanes) is 2. The van der Waals surface area contributed by atoms with Gasteiger partial charge in [-0.05, 0) is 30.7 Å². The van der Waals surface area contributed by atoms with Crippen LogP contribution in [0.3, 0.4) is 0 Å². The van der Waals surface area contributed by atoms with E-state index in [0.717, 1.165) is 36.4 Å². The Bertz CT molecular complexity index is 357. The standard InChI is InChI=1S/C13H18N2S/c1-15(9-5-2-6-10-16)13-8-4-3-7-12(13)11-14/h3-4,7-8,16H,2,5-6,9-10H2,1H3. The van der Waals surface area contributed by atoms with Crippen LogP contribution in [-0.2, 0) is 0 Å². The van der Waals surface area contributed by atoms with E-state index in [2.05, 4.69) is 23.6 Å². The zero-order chi connectivity index (χ0) is 11.8. The van der Waals surface area contributed by atoms with Crippen LogP contribution in [0.15, 0.2) is 24.3 Å². The Morgan fingerprint density at radius 3 is 2.69 bits per heavy atom. The van der Waals surface area contributed by atoms with Gasteiger partial charge in [0.25, 0.3) is 0 Å². The van der Waals surface area contributed by atoms with E-state index in [4.69, 9.17) is 5.26 Å². The van der Waals surface area contributed by atoms with Gasteiger partial charge in [0.15, 0.2) is 0 Å². The van der Waals surface area contributed by atoms with Crippen molar-refractivity contribution >= 4 is 18.3 Å². The second-order valence-electron chi connectivity index (χ2n) is 3.83. The average Bonchev–Trinajstić information content (AvgIpc) is 2.34. The number of hydrogen-bond acceptors (Lipinski definition) is 3. The fourth-order valence-electron chi connectivity index (χ4n) is 1.66. The molecule has 0 N–H and O–H groups in total. The molecule has 0 aromatic heterocycles. The summed E-state index contributed by atoms with van der Waals surface area (Å²) in [7, 11) is 2.04. The van der Waals surface area contributed by atoms with Crippen LogP contribution in [0, 0.1) is 11.3 Å². The maximum Gasteiger partial charge on any atom is 0.101 e. The summed E-state index contributed by atoms with van der Waals surface area (Å²) < 4.78 is 0. The van der Waals surface area contributed by atoms with E-state index in [-0.39, 0.29) is 0 Å². The van der Waals surface area contributed by atoms with Gasteiger partial charge >= 0.3 is 0 Å². The van der Waals surface area contributed by atoms with Crippen LogP contribution in [0.1, 0.15) is 24.8 Å². The van der Waals surface area contributed by atoms with Gasteiger partial charge in [0.2, 0.25) is 0 Å². The fraction of sp³-hybridized carbons (Fsp3) is 0.462. The van der Waals surface area contributed by atoms with Crippen LogP contribution in [0.25, 0.3) is 0 Å². The Balaban J connectivity index is 2.52. The topological polar surface area (TPSA) is 27.0 Å². The predicted molar refractivity (Wildman–Crippen MR) is 72.1 cm³/mol. The van der Waals surface area contributed by atoms with Gasteiger partial charge in [-0.3, -0.25) is 0 Å². The smallest absolute Gasteiger partial charge is 0.101 e. The van der Waals surface area contributed by atoms with Gasteiger partial charge in [0.05, 0.1) is 11.3 Å². The molecular formula is C13H18N2S. The lowest BCUT2D eigenvalue weighted by Gasteiger charge is -2.20. The Morgan fingerprint density at radius 1 is 1.25 bits per heavy atom. The minimum Gasteiger partial charge on any atom is -0.374 e. The summed E-state index contributed by atoms with van der Waals surface area (Å²) in [5.41, 5.74) is 1.77. The summed E-state index contributed by atoms with van der Waals surface area (Å²) >= 11 is 4.19. The van der Waals surface area contributed by atoms with E-state index in [9.17, 15) is 0 Å². The zero-order valence-corrected chi connectivity index (χ0v) is 10.6. The van der Waals surface area contributed by atoms with Crippen LogP contribution in [0.2, 0.25) is 0 Å². The molecule has 0 fully saturated rings. The third-order valence-electron chi connectivity index (χ3n) is 2.59. The summed E-state index contributed by atoms with van der Waals surface area (Å²) in [4.78, 5) is 2.15. The molecule has 0 radical (unpaired) electrons. The van der Waals surface area contributed by atoms with Crippen molar-refractivity contribution in [2.45, 2.75) is 19.3 Å². The molecule has 0 atom stereocenters. The van der Waals surface area contributed by atoms with Crippen molar-refractivity contribution in [1.29, 1.82) is 5.26 Å². The molecule has 2 nitrogen and oxygen atoms in total. The second-order valence-corrected chi connectivity index (χ2v) is 4.28. The Kier molecular flexibility index (Phi) is 5.81. The van der Waals surface area contributed by atoms with Crippen molar-refractivity contribution in [1.82, 2.24) is 0 Å². The highest BCUT2D eigenvalue weighted by atomic mass is 32.1. The van der Waals surface area contributed by atoms with Gasteiger partial charge in [-0.1, -0.05) is 18.6 Å². The number of para-hydroxylation sites is 1. The van der Waals surface area contributed by atoms with E-state index in [1.807, 2.05) is 31.3 Å². The summed E-state index contributed by atoms with van der Waals surface area (Å²) in [6.07, 6.45) is 3.51. The molecule has 16 heavy (non-hydrogen) atoms. The van der Waals surface area contributed by atoms with Crippen molar-refractivity contribution < 1.29 is 0 Å². The molecule has 0 unspecified atom stereocenters. The number of nitriles is 1. The first-order valence-corrected chi connectivity index (χ1v) is 6.24. The normalized spacial score (nSPS) is 9.81. The molecule has 3 heteroatoms. The van der Waals surface area contributed by atoms with Gasteiger partial charge in [-0.25, -0.2) is 0 Å². The Morgan fingerprint density at radius 2 is 2.00 bits per heavy atom. The molecule has 1 aromatic carbocycles. The average molecular weight is 234 g/mol. The molecule has 0 spiro atoms. The second kappa shape index (κ2) is 7.19. The first-order chi connectivity index (χ1) is 7.79. The van der Waals surface area contributed by atoms with Crippen LogP contribution in [0.5, 0.6) is 0 Å². The van der Waals surface area contributed by atoms with Gasteiger partial charge in [0, 0.05) is 13.6 Å². The van der Waals surface area contributed by atoms with Crippen molar-refractivity contribution in [2.75, 3.05) is 24.2 Å². The summed E-state index contributed by atoms with van der Waals surface area (Å²) in [5, 5.41) is 8.99. The minimum absolute atomic E-state index is 0.749. The van der Waals surface area contributed by atoms with Gasteiger partial charge in [-0.2, -0.15) is 17.9 Å². The molecule has 0 amide bonds. The zero-order valence-electron chi connectivity index (χ0n) is 9.69. The molecule has 0 heterocycles. The highest BCUT2D eigenvalue weighted by Gasteiger charge is 2.05. The molecule has 1 rings (SSSR count). The lowest BCUT2D eigenvalue weighted by molar-refractivity contribution is 0.710. The maximum atomic E-state index is 8.99. The van der Waals surface area contributed by atoms with E-state index in [0.29, 0.717) is 0 Å². The molecule has 1 aromatic rings. The number of hydrogen-bond donors (Lipinski definition) is 1.